The van der Waals surface area contributed by atoms with Gasteiger partial charge in [0.1, 0.15) is 5.75 Å². The lowest BCUT2D eigenvalue weighted by Crippen LogP contribution is -2.29. The van der Waals surface area contributed by atoms with Crippen molar-refractivity contribution in [3.05, 3.63) is 52.0 Å². The van der Waals surface area contributed by atoms with Gasteiger partial charge in [0.15, 0.2) is 5.82 Å². The molecular formula is C20H32N4O3. The second-order valence-electron chi connectivity index (χ2n) is 7.15. The van der Waals surface area contributed by atoms with Crippen LogP contribution in [-0.4, -0.2) is 48.0 Å². The van der Waals surface area contributed by atoms with Gasteiger partial charge in [-0.15, -0.1) is 0 Å². The number of ether oxygens (including phenoxy) is 1. The molecule has 0 spiro atoms. The number of benzene rings is 1. The van der Waals surface area contributed by atoms with Crippen molar-refractivity contribution < 1.29 is 9.66 Å². The van der Waals surface area contributed by atoms with E-state index in [1.165, 1.54) is 37.9 Å². The summed E-state index contributed by atoms with van der Waals surface area (Å²) in [6.45, 7) is 4.77. The summed E-state index contributed by atoms with van der Waals surface area (Å²) in [5.41, 5.74) is 6.94. The van der Waals surface area contributed by atoms with Crippen LogP contribution in [0.3, 0.4) is 0 Å². The fourth-order valence-electron chi connectivity index (χ4n) is 3.26. The predicted octanol–water partition coefficient (Wildman–Crippen LogP) is 3.19. The molecule has 7 nitrogen and oxygen atoms in total. The lowest BCUT2D eigenvalue weighted by atomic mass is 10.1. The molecule has 1 fully saturated rings. The summed E-state index contributed by atoms with van der Waals surface area (Å²) in [7, 11) is 1.76. The fraction of sp³-hybridized carbons (Fsp3) is 0.600. The minimum atomic E-state index is -0.529. The Morgan fingerprint density at radius 2 is 2.07 bits per heavy atom. The van der Waals surface area contributed by atoms with Gasteiger partial charge in [-0.25, -0.2) is 0 Å². The van der Waals surface area contributed by atoms with Crippen molar-refractivity contribution in [1.82, 2.24) is 9.80 Å². The number of unbranched alkanes of at least 4 members (excludes halogenated alkanes) is 2. The Morgan fingerprint density at radius 1 is 1.30 bits per heavy atom. The Balaban J connectivity index is 1.62. The molecule has 0 saturated carbocycles. The molecule has 0 unspecified atom stereocenters. The zero-order valence-corrected chi connectivity index (χ0v) is 16.3. The maximum absolute atomic E-state index is 10.4. The van der Waals surface area contributed by atoms with E-state index in [2.05, 4.69) is 23.1 Å². The first-order chi connectivity index (χ1) is 13.0. The van der Waals surface area contributed by atoms with Crippen LogP contribution in [0.1, 0.15) is 44.1 Å². The third kappa shape index (κ3) is 8.30. The molecule has 0 bridgehead atoms. The summed E-state index contributed by atoms with van der Waals surface area (Å²) < 4.78 is 5.89. The molecule has 1 heterocycles. The smallest absolute Gasteiger partial charge is 0.274 e. The Labute approximate surface area is 161 Å². The number of rotatable bonds is 11. The first-order valence-electron chi connectivity index (χ1n) is 9.80. The maximum Gasteiger partial charge on any atom is 0.274 e. The topological polar surface area (TPSA) is 84.9 Å². The number of hydrogen-bond donors (Lipinski definition) is 1. The molecule has 150 valence electrons. The Morgan fingerprint density at radius 3 is 2.81 bits per heavy atom. The van der Waals surface area contributed by atoms with Crippen molar-refractivity contribution in [3.63, 3.8) is 0 Å². The van der Waals surface area contributed by atoms with E-state index in [4.69, 9.17) is 10.5 Å². The molecule has 2 rings (SSSR count). The first-order valence-corrected chi connectivity index (χ1v) is 9.80. The molecule has 1 aliphatic rings. The van der Waals surface area contributed by atoms with Crippen molar-refractivity contribution in [3.8, 4) is 5.75 Å². The van der Waals surface area contributed by atoms with Gasteiger partial charge in [-0.2, -0.15) is 0 Å². The van der Waals surface area contributed by atoms with E-state index in [1.807, 2.05) is 6.07 Å². The van der Waals surface area contributed by atoms with E-state index in [1.54, 1.807) is 11.9 Å². The normalized spacial score (nSPS) is 15.5. The molecule has 7 heteroatoms. The van der Waals surface area contributed by atoms with Crippen LogP contribution in [0.15, 0.2) is 36.3 Å². The molecule has 1 saturated heterocycles. The van der Waals surface area contributed by atoms with Crippen LogP contribution in [0.2, 0.25) is 0 Å². The molecule has 2 N–H and O–H groups in total. The van der Waals surface area contributed by atoms with Gasteiger partial charge in [0.2, 0.25) is 0 Å². The highest BCUT2D eigenvalue weighted by Crippen LogP contribution is 2.18. The quantitative estimate of drug-likeness (QED) is 0.363. The number of nitro groups is 1. The van der Waals surface area contributed by atoms with Gasteiger partial charge < -0.3 is 15.4 Å². The van der Waals surface area contributed by atoms with Gasteiger partial charge in [0.25, 0.3) is 6.20 Å². The van der Waals surface area contributed by atoms with Crippen LogP contribution in [-0.2, 0) is 6.54 Å². The standard InChI is InChI=1S/C20H32N4O3/c1-22(20(21)17-24(25)26)11-4-3-7-14-27-19-10-8-9-18(15-19)16-23-12-5-2-6-13-23/h8-10,15,17H,2-7,11-14,16,21H2,1H3/b20-17+. The largest absolute Gasteiger partial charge is 0.494 e. The number of nitrogens with two attached hydrogens (primary N) is 1. The van der Waals surface area contributed by atoms with Crippen LogP contribution in [0, 0.1) is 10.1 Å². The average Bonchev–Trinajstić information content (AvgIpc) is 2.65. The third-order valence-corrected chi connectivity index (χ3v) is 4.84. The van der Waals surface area contributed by atoms with E-state index in [0.717, 1.165) is 37.8 Å². The van der Waals surface area contributed by atoms with Crippen molar-refractivity contribution >= 4 is 0 Å². The number of piperidine rings is 1. The summed E-state index contributed by atoms with van der Waals surface area (Å²) in [4.78, 5) is 14.1. The zero-order valence-electron chi connectivity index (χ0n) is 16.3. The van der Waals surface area contributed by atoms with Crippen LogP contribution < -0.4 is 10.5 Å². The van der Waals surface area contributed by atoms with Crippen molar-refractivity contribution in [2.45, 2.75) is 45.1 Å². The molecule has 1 aromatic rings. The Bertz CT molecular complexity index is 615. The number of nitrogens with zero attached hydrogens (tertiary/aromatic N) is 3. The van der Waals surface area contributed by atoms with E-state index in [9.17, 15) is 10.1 Å². The molecular weight excluding hydrogens is 344 g/mol. The monoisotopic (exact) mass is 376 g/mol. The summed E-state index contributed by atoms with van der Waals surface area (Å²) in [6, 6.07) is 8.39. The molecule has 1 aromatic carbocycles. The van der Waals surface area contributed by atoms with Gasteiger partial charge in [0.05, 0.1) is 11.5 Å². The first kappa shape index (κ1) is 21.0. The molecule has 0 aliphatic carbocycles. The van der Waals surface area contributed by atoms with Crippen molar-refractivity contribution in [1.29, 1.82) is 0 Å². The summed E-state index contributed by atoms with van der Waals surface area (Å²) in [5.74, 6) is 1.11. The molecule has 0 radical (unpaired) electrons. The van der Waals surface area contributed by atoms with Crippen LogP contribution in [0.25, 0.3) is 0 Å². The summed E-state index contributed by atoms with van der Waals surface area (Å²) in [6.07, 6.45) is 7.65. The zero-order chi connectivity index (χ0) is 19.5. The van der Waals surface area contributed by atoms with Crippen LogP contribution >= 0.6 is 0 Å². The van der Waals surface area contributed by atoms with Crippen LogP contribution in [0.5, 0.6) is 5.75 Å². The fourth-order valence-corrected chi connectivity index (χ4v) is 3.26. The van der Waals surface area contributed by atoms with Gasteiger partial charge in [0, 0.05) is 20.1 Å². The SMILES string of the molecule is CN(CCCCCOc1cccc(CN2CCCCC2)c1)/C(N)=C/[N+](=O)[O-]. The highest BCUT2D eigenvalue weighted by atomic mass is 16.6. The number of hydrogen-bond acceptors (Lipinski definition) is 6. The molecule has 0 atom stereocenters. The lowest BCUT2D eigenvalue weighted by molar-refractivity contribution is -0.404. The van der Waals surface area contributed by atoms with E-state index < -0.39 is 4.92 Å². The van der Waals surface area contributed by atoms with E-state index >= 15 is 0 Å². The van der Waals surface area contributed by atoms with Gasteiger partial charge in [-0.3, -0.25) is 15.0 Å². The third-order valence-electron chi connectivity index (χ3n) is 4.84. The summed E-state index contributed by atoms with van der Waals surface area (Å²) >= 11 is 0. The average molecular weight is 377 g/mol. The predicted molar refractivity (Wildman–Crippen MR) is 107 cm³/mol. The number of likely N-dealkylation sites (tertiary alicyclic amines) is 1. The van der Waals surface area contributed by atoms with Crippen molar-refractivity contribution in [2.24, 2.45) is 5.73 Å². The second kappa shape index (κ2) is 11.4. The maximum atomic E-state index is 10.4. The Kier molecular flexibility index (Phi) is 8.91. The van der Waals surface area contributed by atoms with Gasteiger partial charge in [-0.1, -0.05) is 18.6 Å². The lowest BCUT2D eigenvalue weighted by Gasteiger charge is -2.26. The summed E-state index contributed by atoms with van der Waals surface area (Å²) in [5, 5.41) is 10.4. The highest BCUT2D eigenvalue weighted by molar-refractivity contribution is 5.28. The minimum absolute atomic E-state index is 0.182. The van der Waals surface area contributed by atoms with Gasteiger partial charge >= 0.3 is 0 Å². The Hall–Kier alpha value is -2.28. The van der Waals surface area contributed by atoms with Crippen molar-refractivity contribution in [2.75, 3.05) is 33.3 Å². The minimum Gasteiger partial charge on any atom is -0.494 e. The molecule has 27 heavy (non-hydrogen) atoms. The van der Waals surface area contributed by atoms with E-state index in [0.29, 0.717) is 13.2 Å². The second-order valence-corrected chi connectivity index (χ2v) is 7.15. The highest BCUT2D eigenvalue weighted by Gasteiger charge is 2.10. The molecule has 1 aliphatic heterocycles. The van der Waals surface area contributed by atoms with Gasteiger partial charge in [-0.05, 0) is 62.9 Å². The molecule has 0 aromatic heterocycles. The molecule has 0 amide bonds. The van der Waals surface area contributed by atoms with E-state index in [-0.39, 0.29) is 5.82 Å². The van der Waals surface area contributed by atoms with Crippen LogP contribution in [0.4, 0.5) is 0 Å².